The minimum atomic E-state index is -4.39. The first-order valence-corrected chi connectivity index (χ1v) is 2.40. The second-order valence-corrected chi connectivity index (χ2v) is 1.61. The summed E-state index contributed by atoms with van der Waals surface area (Å²) in [6.07, 6.45) is 0. The van der Waals surface area contributed by atoms with Crippen molar-refractivity contribution in [2.24, 2.45) is 0 Å². The van der Waals surface area contributed by atoms with Gasteiger partial charge in [-0.3, -0.25) is 0 Å². The molecule has 2 radical (unpaired) electrons. The van der Waals surface area contributed by atoms with Crippen LogP contribution in [0, 0.1) is 0 Å². The Balaban J connectivity index is 0. The van der Waals surface area contributed by atoms with Crippen molar-refractivity contribution in [2.75, 3.05) is 0 Å². The van der Waals surface area contributed by atoms with Gasteiger partial charge in [-0.15, -0.1) is 0 Å². The van der Waals surface area contributed by atoms with Gasteiger partial charge in [0.15, 0.2) is 0 Å². The summed E-state index contributed by atoms with van der Waals surface area (Å²) in [5.41, 5.74) is 0. The predicted molar refractivity (Wildman–Crippen MR) is 21.5 cm³/mol. The van der Waals surface area contributed by atoms with Gasteiger partial charge in [0, 0.05) is 37.7 Å². The molecule has 6 heavy (non-hydrogen) atoms. The molecule has 4 N–H and O–H groups in total. The van der Waals surface area contributed by atoms with Gasteiger partial charge in [0.05, 0.1) is 0 Å². The van der Waals surface area contributed by atoms with Crippen LogP contribution in [0.1, 0.15) is 0 Å². The normalized spacial score (nSPS) is 10.0. The summed E-state index contributed by atoms with van der Waals surface area (Å²) in [7, 11) is -4.39. The molecule has 0 fully saturated rings. The van der Waals surface area contributed by atoms with Crippen LogP contribution < -0.4 is 0 Å². The average molecular weight is 139 g/mol. The minimum absolute atomic E-state index is 0. The molecule has 0 spiro atoms. The van der Waals surface area contributed by atoms with E-state index in [9.17, 15) is 0 Å². The van der Waals surface area contributed by atoms with E-state index < -0.39 is 8.17 Å². The Labute approximate surface area is 65.1 Å². The van der Waals surface area contributed by atoms with E-state index in [1.807, 2.05) is 0 Å². The first-order chi connectivity index (χ1) is 2.00. The maximum Gasteiger partial charge on any atom is 0.564 e. The van der Waals surface area contributed by atoms with Gasteiger partial charge in [0.1, 0.15) is 0 Å². The fourth-order valence-electron chi connectivity index (χ4n) is 0. The van der Waals surface area contributed by atoms with Crippen LogP contribution in [0.25, 0.3) is 0 Å². The third kappa shape index (κ3) is 48.5. The monoisotopic (exact) mass is 139 g/mol. The Morgan fingerprint density at radius 1 is 0.833 bits per heavy atom. The largest absolute Gasteiger partial charge is 0.564 e. The van der Waals surface area contributed by atoms with E-state index >= 15 is 0 Å². The first-order valence-electron chi connectivity index (χ1n) is 0.800. The molecule has 0 aliphatic heterocycles. The minimum Gasteiger partial charge on any atom is -0.168 e. The predicted octanol–water partition coefficient (Wildman–Crippen LogP) is -1.75. The third-order valence-electron chi connectivity index (χ3n) is 0. The molecule has 0 aromatic carbocycles. The summed E-state index contributed by atoms with van der Waals surface area (Å²) in [6, 6.07) is 0. The second-order valence-electron chi connectivity index (χ2n) is 0.537. The molecular formula is H4CaO4P+. The molecule has 4 nitrogen and oxygen atoms in total. The molecule has 0 saturated carbocycles. The van der Waals surface area contributed by atoms with Gasteiger partial charge in [-0.25, -0.2) is 0 Å². The third-order valence-corrected chi connectivity index (χ3v) is 0. The second kappa shape index (κ2) is 3.52. The van der Waals surface area contributed by atoms with Crippen molar-refractivity contribution in [2.45, 2.75) is 0 Å². The van der Waals surface area contributed by atoms with Gasteiger partial charge in [-0.2, -0.15) is 19.6 Å². The Bertz CT molecular complexity index is 23.0. The van der Waals surface area contributed by atoms with Crippen LogP contribution in [0.4, 0.5) is 0 Å². The Hall–Kier alpha value is 1.53. The van der Waals surface area contributed by atoms with Crippen molar-refractivity contribution in [1.29, 1.82) is 0 Å². The molecule has 0 bridgehead atoms. The van der Waals surface area contributed by atoms with Crippen molar-refractivity contribution in [3.8, 4) is 0 Å². The van der Waals surface area contributed by atoms with E-state index in [0.29, 0.717) is 0 Å². The van der Waals surface area contributed by atoms with Crippen molar-refractivity contribution in [3.05, 3.63) is 0 Å². The number of rotatable bonds is 0. The molecule has 0 aromatic heterocycles. The van der Waals surface area contributed by atoms with Crippen LogP contribution >= 0.6 is 8.17 Å². The number of hydrogen-bond donors (Lipinski definition) is 4. The zero-order valence-corrected chi connectivity index (χ0v) is 6.05. The smallest absolute Gasteiger partial charge is 0.168 e. The topological polar surface area (TPSA) is 80.9 Å². The summed E-state index contributed by atoms with van der Waals surface area (Å²) in [4.78, 5) is 29.2. The van der Waals surface area contributed by atoms with Crippen molar-refractivity contribution in [3.63, 3.8) is 0 Å². The van der Waals surface area contributed by atoms with Gasteiger partial charge in [0.25, 0.3) is 0 Å². The van der Waals surface area contributed by atoms with Crippen molar-refractivity contribution >= 4 is 45.9 Å². The molecule has 34 valence electrons. The standard InChI is InChI=1S/Ca.H4O4P/c;1-5(2,3)4/h;1-4H/q;+1. The zero-order valence-electron chi connectivity index (χ0n) is 2.94. The molecule has 0 saturated heterocycles. The van der Waals surface area contributed by atoms with Crippen molar-refractivity contribution in [1.82, 2.24) is 0 Å². The van der Waals surface area contributed by atoms with Crippen LogP contribution in [0.5, 0.6) is 0 Å². The molecule has 6 heteroatoms. The summed E-state index contributed by atoms with van der Waals surface area (Å²) >= 11 is 0. The van der Waals surface area contributed by atoms with Gasteiger partial charge < -0.3 is 0 Å². The van der Waals surface area contributed by atoms with Crippen LogP contribution in [-0.4, -0.2) is 57.3 Å². The van der Waals surface area contributed by atoms with E-state index in [2.05, 4.69) is 0 Å². The van der Waals surface area contributed by atoms with E-state index in [0.717, 1.165) is 0 Å². The fraction of sp³-hybridized carbons (Fsp3) is 0. The van der Waals surface area contributed by atoms with Gasteiger partial charge in [-0.1, -0.05) is 0 Å². The summed E-state index contributed by atoms with van der Waals surface area (Å²) < 4.78 is 0. The first kappa shape index (κ1) is 10.5. The fourth-order valence-corrected chi connectivity index (χ4v) is 0. The quantitative estimate of drug-likeness (QED) is 0.237. The van der Waals surface area contributed by atoms with E-state index in [1.54, 1.807) is 0 Å². The van der Waals surface area contributed by atoms with Crippen LogP contribution in [-0.2, 0) is 0 Å². The van der Waals surface area contributed by atoms with E-state index in [1.165, 1.54) is 0 Å². The summed E-state index contributed by atoms with van der Waals surface area (Å²) in [5.74, 6) is 0. The molecule has 0 atom stereocenters. The SMILES string of the molecule is O[P+](O)(O)O.[Ca]. The Morgan fingerprint density at radius 2 is 0.833 bits per heavy atom. The van der Waals surface area contributed by atoms with E-state index in [-0.39, 0.29) is 37.7 Å². The van der Waals surface area contributed by atoms with Gasteiger partial charge in [0.2, 0.25) is 0 Å². The molecule has 0 heterocycles. The van der Waals surface area contributed by atoms with Gasteiger partial charge in [-0.05, 0) is 0 Å². The molecule has 0 aromatic rings. The van der Waals surface area contributed by atoms with Gasteiger partial charge >= 0.3 is 8.17 Å². The number of hydrogen-bond acceptors (Lipinski definition) is 4. The average Bonchev–Trinajstić information content (AvgIpc) is 0.722. The Kier molecular flexibility index (Phi) is 6.16. The summed E-state index contributed by atoms with van der Waals surface area (Å²) in [5, 5.41) is 0. The summed E-state index contributed by atoms with van der Waals surface area (Å²) in [6.45, 7) is 0. The zero-order chi connectivity index (χ0) is 4.50. The molecule has 0 unspecified atom stereocenters. The maximum atomic E-state index is 7.30. The Morgan fingerprint density at radius 3 is 0.833 bits per heavy atom. The molecule has 0 rings (SSSR count). The molecule has 0 aliphatic rings. The molecule has 0 aliphatic carbocycles. The maximum absolute atomic E-state index is 7.30. The molecular weight excluding hydrogens is 135 g/mol. The van der Waals surface area contributed by atoms with Crippen molar-refractivity contribution < 1.29 is 19.6 Å². The van der Waals surface area contributed by atoms with E-state index in [4.69, 9.17) is 19.6 Å². The van der Waals surface area contributed by atoms with Crippen LogP contribution in [0.3, 0.4) is 0 Å². The van der Waals surface area contributed by atoms with Crippen LogP contribution in [0.15, 0.2) is 0 Å². The molecule has 0 amide bonds. The van der Waals surface area contributed by atoms with Crippen LogP contribution in [0.2, 0.25) is 0 Å².